The van der Waals surface area contributed by atoms with E-state index in [1.165, 1.54) is 16.2 Å². The van der Waals surface area contributed by atoms with Crippen LogP contribution in [0.3, 0.4) is 0 Å². The number of aromatic nitrogens is 1. The molecule has 7 nitrogen and oxygen atoms in total. The summed E-state index contributed by atoms with van der Waals surface area (Å²) >= 11 is 1.47. The molecule has 0 fully saturated rings. The van der Waals surface area contributed by atoms with E-state index in [1.54, 1.807) is 6.92 Å². The molecule has 2 atom stereocenters. The van der Waals surface area contributed by atoms with Crippen LogP contribution in [0.25, 0.3) is 10.9 Å². The van der Waals surface area contributed by atoms with Gasteiger partial charge in [0.2, 0.25) is 0 Å². The van der Waals surface area contributed by atoms with Crippen LogP contribution < -0.4 is 5.32 Å². The van der Waals surface area contributed by atoms with Crippen molar-refractivity contribution in [3.05, 3.63) is 57.1 Å². The van der Waals surface area contributed by atoms with E-state index in [9.17, 15) is 14.9 Å². The Balaban J connectivity index is 1.40. The lowest BCUT2D eigenvalue weighted by molar-refractivity contribution is -0.123. The van der Waals surface area contributed by atoms with Crippen LogP contribution in [0.1, 0.15) is 71.7 Å². The Hall–Kier alpha value is -3.28. The lowest BCUT2D eigenvalue weighted by Crippen LogP contribution is -2.37. The molecule has 8 heteroatoms. The van der Waals surface area contributed by atoms with Crippen molar-refractivity contribution in [2.24, 2.45) is 5.92 Å². The highest BCUT2D eigenvalue weighted by Crippen LogP contribution is 2.39. The molecule has 192 valence electrons. The molecule has 3 aromatic rings. The molecule has 0 radical (unpaired) electrons. The van der Waals surface area contributed by atoms with E-state index in [-0.39, 0.29) is 0 Å². The van der Waals surface area contributed by atoms with Gasteiger partial charge in [-0.2, -0.15) is 5.26 Å². The number of rotatable bonds is 5. The zero-order valence-corrected chi connectivity index (χ0v) is 22.6. The maximum absolute atomic E-state index is 13.6. The van der Waals surface area contributed by atoms with Gasteiger partial charge in [0.25, 0.3) is 5.91 Å². The minimum Gasteiger partial charge on any atom is -0.449 e. The number of carbonyl (C=O) groups excluding carboxylic acids is 2. The largest absolute Gasteiger partial charge is 0.449 e. The molecular formula is C29H32N4O3S. The predicted octanol–water partition coefficient (Wildman–Crippen LogP) is 5.24. The summed E-state index contributed by atoms with van der Waals surface area (Å²) < 4.78 is 5.76. The number of ether oxygens (including phenoxy) is 1. The Morgan fingerprint density at radius 2 is 2.00 bits per heavy atom. The summed E-state index contributed by atoms with van der Waals surface area (Å²) in [5, 5.41) is 13.9. The summed E-state index contributed by atoms with van der Waals surface area (Å²) in [6.45, 7) is 9.56. The monoisotopic (exact) mass is 516 g/mol. The van der Waals surface area contributed by atoms with Crippen molar-refractivity contribution in [2.45, 2.75) is 72.1 Å². The van der Waals surface area contributed by atoms with Gasteiger partial charge in [-0.25, -0.2) is 4.79 Å². The lowest BCUT2D eigenvalue weighted by atomic mass is 9.88. The van der Waals surface area contributed by atoms with Gasteiger partial charge in [0.05, 0.1) is 16.6 Å². The van der Waals surface area contributed by atoms with Crippen molar-refractivity contribution in [2.75, 3.05) is 11.9 Å². The van der Waals surface area contributed by atoms with E-state index in [4.69, 9.17) is 9.72 Å². The predicted molar refractivity (Wildman–Crippen MR) is 145 cm³/mol. The second-order valence-electron chi connectivity index (χ2n) is 10.4. The number of carbonyl (C=O) groups is 2. The fraction of sp³-hybridized carbons (Fsp3) is 0.448. The Kier molecular flexibility index (Phi) is 7.02. The number of nitriles is 1. The normalized spacial score (nSPS) is 18.1. The zero-order chi connectivity index (χ0) is 26.3. The van der Waals surface area contributed by atoms with Crippen molar-refractivity contribution in [1.82, 2.24) is 9.88 Å². The second kappa shape index (κ2) is 10.2. The first-order chi connectivity index (χ1) is 17.8. The van der Waals surface area contributed by atoms with Crippen LogP contribution in [0.5, 0.6) is 0 Å². The van der Waals surface area contributed by atoms with Gasteiger partial charge in [-0.05, 0) is 57.6 Å². The van der Waals surface area contributed by atoms with E-state index in [2.05, 4.69) is 37.1 Å². The number of hydrogen-bond acceptors (Lipinski definition) is 7. The Labute approximate surface area is 221 Å². The summed E-state index contributed by atoms with van der Waals surface area (Å²) in [5.41, 5.74) is 4.63. The van der Waals surface area contributed by atoms with Gasteiger partial charge < -0.3 is 10.1 Å². The standard InChI is InChI=1S/C29H32N4O3S/c1-16(2)33-12-11-24-22(15-33)26(20-7-5-6-8-23(20)31-24)29(35)36-18(4)27(34)32-28-21(14-30)19-10-9-17(3)13-25(19)37-28/h5-8,16-18H,9-13,15H2,1-4H3,(H,32,34). The molecule has 1 aromatic carbocycles. The summed E-state index contributed by atoms with van der Waals surface area (Å²) in [7, 11) is 0. The number of esters is 1. The van der Waals surface area contributed by atoms with E-state index in [0.29, 0.717) is 34.6 Å². The molecule has 1 aliphatic carbocycles. The minimum atomic E-state index is -1.02. The molecule has 37 heavy (non-hydrogen) atoms. The molecule has 0 saturated heterocycles. The summed E-state index contributed by atoms with van der Waals surface area (Å²) in [6.07, 6.45) is 2.54. The number of thiophene rings is 1. The number of fused-ring (bicyclic) bond motifs is 3. The third-order valence-corrected chi connectivity index (χ3v) is 8.69. The van der Waals surface area contributed by atoms with Crippen molar-refractivity contribution in [3.63, 3.8) is 0 Å². The molecule has 2 unspecified atom stereocenters. The first-order valence-corrected chi connectivity index (χ1v) is 13.8. The molecule has 0 bridgehead atoms. The molecule has 0 saturated carbocycles. The minimum absolute atomic E-state index is 0.335. The van der Waals surface area contributed by atoms with Crippen LogP contribution in [0, 0.1) is 17.2 Å². The molecule has 2 aromatic heterocycles. The number of pyridine rings is 1. The highest BCUT2D eigenvalue weighted by atomic mass is 32.1. The summed E-state index contributed by atoms with van der Waals surface area (Å²) in [5.74, 6) is -0.399. The average molecular weight is 517 g/mol. The van der Waals surface area contributed by atoms with E-state index < -0.39 is 18.0 Å². The highest BCUT2D eigenvalue weighted by molar-refractivity contribution is 7.16. The number of hydrogen-bond donors (Lipinski definition) is 1. The van der Waals surface area contributed by atoms with Crippen LogP contribution in [-0.4, -0.2) is 40.5 Å². The van der Waals surface area contributed by atoms with Crippen LogP contribution in [0.2, 0.25) is 0 Å². The number of para-hydroxylation sites is 1. The number of nitrogens with one attached hydrogen (secondary N) is 1. The van der Waals surface area contributed by atoms with Crippen molar-refractivity contribution >= 4 is 39.1 Å². The molecular weight excluding hydrogens is 484 g/mol. The zero-order valence-electron chi connectivity index (χ0n) is 21.8. The molecule has 1 amide bonds. The van der Waals surface area contributed by atoms with E-state index in [1.807, 2.05) is 24.3 Å². The van der Waals surface area contributed by atoms with Gasteiger partial charge in [-0.1, -0.05) is 25.1 Å². The Morgan fingerprint density at radius 3 is 2.76 bits per heavy atom. The van der Waals surface area contributed by atoms with E-state index in [0.717, 1.165) is 60.0 Å². The quantitative estimate of drug-likeness (QED) is 0.466. The van der Waals surface area contributed by atoms with Gasteiger partial charge >= 0.3 is 5.97 Å². The molecule has 0 spiro atoms. The van der Waals surface area contributed by atoms with Crippen LogP contribution in [0.15, 0.2) is 24.3 Å². The first-order valence-electron chi connectivity index (χ1n) is 13.0. The van der Waals surface area contributed by atoms with Crippen LogP contribution in [0.4, 0.5) is 5.00 Å². The fourth-order valence-electron chi connectivity index (χ4n) is 5.33. The lowest BCUT2D eigenvalue weighted by Gasteiger charge is -2.32. The highest BCUT2D eigenvalue weighted by Gasteiger charge is 2.30. The van der Waals surface area contributed by atoms with Crippen LogP contribution in [-0.2, 0) is 35.3 Å². The van der Waals surface area contributed by atoms with Crippen molar-refractivity contribution in [1.29, 1.82) is 5.26 Å². The molecule has 1 N–H and O–H groups in total. The summed E-state index contributed by atoms with van der Waals surface area (Å²) in [4.78, 5) is 35.0. The van der Waals surface area contributed by atoms with Crippen molar-refractivity contribution in [3.8, 4) is 6.07 Å². The smallest absolute Gasteiger partial charge is 0.339 e. The Morgan fingerprint density at radius 1 is 1.22 bits per heavy atom. The summed E-state index contributed by atoms with van der Waals surface area (Å²) in [6, 6.07) is 10.2. The maximum Gasteiger partial charge on any atom is 0.339 e. The Bertz CT molecular complexity index is 1420. The maximum atomic E-state index is 13.6. The number of benzene rings is 1. The van der Waals surface area contributed by atoms with Gasteiger partial charge in [0.15, 0.2) is 6.10 Å². The SMILES string of the molecule is CC1CCc2c(sc(NC(=O)C(C)OC(=O)c3c4c(nc5ccccc35)CCN(C(C)C)C4)c2C#N)C1. The van der Waals surface area contributed by atoms with Gasteiger partial charge in [0, 0.05) is 47.1 Å². The molecule has 3 heterocycles. The first kappa shape index (κ1) is 25.4. The van der Waals surface area contributed by atoms with E-state index >= 15 is 0 Å². The molecule has 1 aliphatic heterocycles. The van der Waals surface area contributed by atoms with Gasteiger partial charge in [0.1, 0.15) is 11.1 Å². The topological polar surface area (TPSA) is 95.3 Å². The average Bonchev–Trinajstić information content (AvgIpc) is 3.22. The molecule has 2 aliphatic rings. The fourth-order valence-corrected chi connectivity index (χ4v) is 6.69. The molecule has 5 rings (SSSR count). The van der Waals surface area contributed by atoms with Crippen LogP contribution >= 0.6 is 11.3 Å². The number of amides is 1. The van der Waals surface area contributed by atoms with Gasteiger partial charge in [-0.15, -0.1) is 11.3 Å². The number of nitrogens with zero attached hydrogens (tertiary/aromatic N) is 3. The third-order valence-electron chi connectivity index (χ3n) is 7.52. The number of anilines is 1. The second-order valence-corrected chi connectivity index (χ2v) is 11.6. The van der Waals surface area contributed by atoms with Crippen molar-refractivity contribution < 1.29 is 14.3 Å². The third kappa shape index (κ3) is 4.86. The van der Waals surface area contributed by atoms with Gasteiger partial charge in [-0.3, -0.25) is 14.7 Å².